The molecule has 2 unspecified atom stereocenters. The van der Waals surface area contributed by atoms with Gasteiger partial charge in [-0.05, 0) is 19.8 Å². The van der Waals surface area contributed by atoms with Crippen LogP contribution in [0.15, 0.2) is 0 Å². The minimum Gasteiger partial charge on any atom is -0.393 e. The van der Waals surface area contributed by atoms with Gasteiger partial charge in [-0.25, -0.2) is 0 Å². The van der Waals surface area contributed by atoms with Gasteiger partial charge in [-0.2, -0.15) is 0 Å². The van der Waals surface area contributed by atoms with Crippen molar-refractivity contribution in [2.45, 2.75) is 38.3 Å². The Kier molecular flexibility index (Phi) is 4.08. The molecule has 0 aromatic rings. The first-order valence-electron chi connectivity index (χ1n) is 5.23. The average molecular weight is 214 g/mol. The van der Waals surface area contributed by atoms with Gasteiger partial charge in [-0.1, -0.05) is 0 Å². The minimum absolute atomic E-state index is 0.0274. The lowest BCUT2D eigenvalue weighted by molar-refractivity contribution is -0.131. The lowest BCUT2D eigenvalue weighted by Gasteiger charge is -2.12. The number of nitrogens with zero attached hydrogens (tertiary/aromatic N) is 1. The van der Waals surface area contributed by atoms with Crippen LogP contribution in [0, 0.1) is 0 Å². The van der Waals surface area contributed by atoms with Crippen molar-refractivity contribution in [3.8, 4) is 0 Å². The highest BCUT2D eigenvalue weighted by molar-refractivity contribution is 5.88. The summed E-state index contributed by atoms with van der Waals surface area (Å²) >= 11 is 0. The molecule has 2 amide bonds. The zero-order valence-electron chi connectivity index (χ0n) is 9.19. The Morgan fingerprint density at radius 1 is 1.73 bits per heavy atom. The molecule has 1 aliphatic heterocycles. The first-order valence-corrected chi connectivity index (χ1v) is 5.23. The summed E-state index contributed by atoms with van der Waals surface area (Å²) in [4.78, 5) is 24.4. The van der Waals surface area contributed by atoms with Crippen LogP contribution < -0.4 is 5.32 Å². The molecule has 1 rings (SSSR count). The number of aliphatic hydroxyl groups excluding tert-OH is 1. The van der Waals surface area contributed by atoms with E-state index in [-0.39, 0.29) is 24.3 Å². The molecule has 1 fully saturated rings. The third kappa shape index (κ3) is 3.51. The van der Waals surface area contributed by atoms with Gasteiger partial charge in [0.1, 0.15) is 6.04 Å². The highest BCUT2D eigenvalue weighted by Gasteiger charge is 2.29. The Balaban J connectivity index is 2.29. The number of hydrogen-bond acceptors (Lipinski definition) is 3. The molecule has 86 valence electrons. The number of amides is 2. The highest BCUT2D eigenvalue weighted by atomic mass is 16.3. The van der Waals surface area contributed by atoms with Crippen molar-refractivity contribution in [3.63, 3.8) is 0 Å². The Hall–Kier alpha value is -1.10. The summed E-state index contributed by atoms with van der Waals surface area (Å²) in [6.07, 6.45) is 0.904. The standard InChI is InChI=1S/C10H18N2O3/c1-7(13)3-4-9(14)11-8-5-6-12(2)10(8)15/h7-8,13H,3-6H2,1-2H3,(H,11,14). The molecule has 0 spiro atoms. The Morgan fingerprint density at radius 3 is 2.87 bits per heavy atom. The fourth-order valence-corrected chi connectivity index (χ4v) is 1.56. The summed E-state index contributed by atoms with van der Waals surface area (Å²) in [5.41, 5.74) is 0. The molecule has 1 heterocycles. The number of likely N-dealkylation sites (N-methyl/N-ethyl adjacent to an activating group) is 1. The lowest BCUT2D eigenvalue weighted by atomic mass is 10.2. The van der Waals surface area contributed by atoms with Crippen molar-refractivity contribution >= 4 is 11.8 Å². The van der Waals surface area contributed by atoms with Crippen LogP contribution >= 0.6 is 0 Å². The molecule has 2 atom stereocenters. The lowest BCUT2D eigenvalue weighted by Crippen LogP contribution is -2.40. The summed E-state index contributed by atoms with van der Waals surface area (Å²) < 4.78 is 0. The van der Waals surface area contributed by atoms with E-state index in [4.69, 9.17) is 5.11 Å². The monoisotopic (exact) mass is 214 g/mol. The first-order chi connectivity index (χ1) is 7.00. The fraction of sp³-hybridized carbons (Fsp3) is 0.800. The van der Waals surface area contributed by atoms with E-state index in [1.807, 2.05) is 0 Å². The number of likely N-dealkylation sites (tertiary alicyclic amines) is 1. The van der Waals surface area contributed by atoms with E-state index in [1.54, 1.807) is 18.9 Å². The quantitative estimate of drug-likeness (QED) is 0.662. The second-order valence-electron chi connectivity index (χ2n) is 4.06. The molecule has 15 heavy (non-hydrogen) atoms. The number of hydrogen-bond donors (Lipinski definition) is 2. The van der Waals surface area contributed by atoms with Crippen LogP contribution in [0.25, 0.3) is 0 Å². The fourth-order valence-electron chi connectivity index (χ4n) is 1.56. The summed E-state index contributed by atoms with van der Waals surface area (Å²) in [5.74, 6) is -0.190. The van der Waals surface area contributed by atoms with Crippen LogP contribution in [0.2, 0.25) is 0 Å². The van der Waals surface area contributed by atoms with Gasteiger partial charge in [0.25, 0.3) is 0 Å². The highest BCUT2D eigenvalue weighted by Crippen LogP contribution is 2.08. The average Bonchev–Trinajstić information content (AvgIpc) is 2.47. The molecular formula is C10H18N2O3. The van der Waals surface area contributed by atoms with Crippen LogP contribution in [-0.2, 0) is 9.59 Å². The molecule has 2 N–H and O–H groups in total. The van der Waals surface area contributed by atoms with Gasteiger partial charge < -0.3 is 15.3 Å². The van der Waals surface area contributed by atoms with Gasteiger partial charge in [0, 0.05) is 20.0 Å². The Bertz CT molecular complexity index is 253. The molecule has 0 aromatic heterocycles. The maximum absolute atomic E-state index is 11.4. The van der Waals surface area contributed by atoms with Crippen molar-refractivity contribution in [1.29, 1.82) is 0 Å². The maximum atomic E-state index is 11.4. The third-order valence-corrected chi connectivity index (χ3v) is 2.55. The molecule has 0 radical (unpaired) electrons. The second kappa shape index (κ2) is 5.11. The van der Waals surface area contributed by atoms with E-state index < -0.39 is 6.10 Å². The topological polar surface area (TPSA) is 69.6 Å². The number of rotatable bonds is 4. The SMILES string of the molecule is CC(O)CCC(=O)NC1CCN(C)C1=O. The molecule has 1 saturated heterocycles. The Morgan fingerprint density at radius 2 is 2.40 bits per heavy atom. The van der Waals surface area contributed by atoms with Gasteiger partial charge in [0.2, 0.25) is 11.8 Å². The van der Waals surface area contributed by atoms with E-state index in [2.05, 4.69) is 5.32 Å². The first kappa shape index (κ1) is 12.0. The smallest absolute Gasteiger partial charge is 0.244 e. The van der Waals surface area contributed by atoms with E-state index in [9.17, 15) is 9.59 Å². The summed E-state index contributed by atoms with van der Waals surface area (Å²) in [5, 5.41) is 11.7. The molecule has 5 heteroatoms. The van der Waals surface area contributed by atoms with Gasteiger partial charge >= 0.3 is 0 Å². The number of carbonyl (C=O) groups is 2. The third-order valence-electron chi connectivity index (χ3n) is 2.55. The van der Waals surface area contributed by atoms with Crippen molar-refractivity contribution in [2.75, 3.05) is 13.6 Å². The molecule has 0 aromatic carbocycles. The van der Waals surface area contributed by atoms with Crippen molar-refractivity contribution in [2.24, 2.45) is 0 Å². The largest absolute Gasteiger partial charge is 0.393 e. The molecular weight excluding hydrogens is 196 g/mol. The number of nitrogens with one attached hydrogen (secondary N) is 1. The van der Waals surface area contributed by atoms with Crippen molar-refractivity contribution in [1.82, 2.24) is 10.2 Å². The van der Waals surface area contributed by atoms with Gasteiger partial charge in [0.15, 0.2) is 0 Å². The maximum Gasteiger partial charge on any atom is 0.244 e. The summed E-state index contributed by atoms with van der Waals surface area (Å²) in [6.45, 7) is 2.34. The Labute approximate surface area is 89.4 Å². The van der Waals surface area contributed by atoms with E-state index >= 15 is 0 Å². The van der Waals surface area contributed by atoms with E-state index in [0.717, 1.165) is 0 Å². The van der Waals surface area contributed by atoms with E-state index in [0.29, 0.717) is 19.4 Å². The molecule has 0 saturated carbocycles. The minimum atomic E-state index is -0.474. The summed E-state index contributed by atoms with van der Waals surface area (Å²) in [7, 11) is 1.73. The van der Waals surface area contributed by atoms with Gasteiger partial charge in [-0.15, -0.1) is 0 Å². The number of carbonyl (C=O) groups excluding carboxylic acids is 2. The van der Waals surface area contributed by atoms with E-state index in [1.165, 1.54) is 0 Å². The zero-order valence-corrected chi connectivity index (χ0v) is 9.19. The van der Waals surface area contributed by atoms with Gasteiger partial charge in [-0.3, -0.25) is 9.59 Å². The predicted molar refractivity (Wildman–Crippen MR) is 55.1 cm³/mol. The summed E-state index contributed by atoms with van der Waals surface area (Å²) in [6, 6.07) is -0.364. The van der Waals surface area contributed by atoms with Crippen LogP contribution in [0.1, 0.15) is 26.2 Å². The van der Waals surface area contributed by atoms with Gasteiger partial charge in [0.05, 0.1) is 6.10 Å². The van der Waals surface area contributed by atoms with Crippen LogP contribution in [0.3, 0.4) is 0 Å². The van der Waals surface area contributed by atoms with Crippen molar-refractivity contribution in [3.05, 3.63) is 0 Å². The number of aliphatic hydroxyl groups is 1. The molecule has 0 bridgehead atoms. The van der Waals surface area contributed by atoms with Crippen LogP contribution in [0.4, 0.5) is 0 Å². The molecule has 5 nitrogen and oxygen atoms in total. The van der Waals surface area contributed by atoms with Crippen LogP contribution in [-0.4, -0.2) is 47.6 Å². The predicted octanol–water partition coefficient (Wildman–Crippen LogP) is -0.506. The molecule has 0 aliphatic carbocycles. The van der Waals surface area contributed by atoms with Crippen molar-refractivity contribution < 1.29 is 14.7 Å². The normalized spacial score (nSPS) is 23.0. The molecule has 1 aliphatic rings. The van der Waals surface area contributed by atoms with Crippen LogP contribution in [0.5, 0.6) is 0 Å². The zero-order chi connectivity index (χ0) is 11.4. The second-order valence-corrected chi connectivity index (χ2v) is 4.06.